The number of thiazole rings is 1. The molecule has 3 aromatic heterocycles. The molecule has 4 rings (SSSR count). The second kappa shape index (κ2) is 5.54. The Bertz CT molecular complexity index is 810. The minimum atomic E-state index is 0.216. The van der Waals surface area contributed by atoms with Crippen molar-refractivity contribution in [2.24, 2.45) is 12.5 Å². The number of nitrogens with zero attached hydrogens (tertiary/aromatic N) is 6. The molecule has 3 aromatic rings. The molecule has 7 nitrogen and oxygen atoms in total. The third-order valence-electron chi connectivity index (χ3n) is 4.32. The van der Waals surface area contributed by atoms with Gasteiger partial charge in [0.1, 0.15) is 16.4 Å². The van der Waals surface area contributed by atoms with Crippen LogP contribution in [0.2, 0.25) is 0 Å². The van der Waals surface area contributed by atoms with E-state index in [0.717, 1.165) is 48.1 Å². The van der Waals surface area contributed by atoms with Crippen LogP contribution in [0.3, 0.4) is 0 Å². The van der Waals surface area contributed by atoms with Crippen LogP contribution in [0.5, 0.6) is 0 Å². The van der Waals surface area contributed by atoms with Gasteiger partial charge in [0.2, 0.25) is 0 Å². The SMILES string of the molecule is CCC1(Cn2cc(-c3csc(-c4cnn(C)c4)n3)nn2)COC1. The van der Waals surface area contributed by atoms with Gasteiger partial charge in [-0.1, -0.05) is 12.1 Å². The van der Waals surface area contributed by atoms with Crippen molar-refractivity contribution >= 4 is 11.3 Å². The van der Waals surface area contributed by atoms with E-state index in [9.17, 15) is 0 Å². The molecule has 0 bridgehead atoms. The Morgan fingerprint density at radius 2 is 2.17 bits per heavy atom. The predicted molar refractivity (Wildman–Crippen MR) is 86.9 cm³/mol. The summed E-state index contributed by atoms with van der Waals surface area (Å²) >= 11 is 1.59. The van der Waals surface area contributed by atoms with E-state index < -0.39 is 0 Å². The Labute approximate surface area is 137 Å². The fraction of sp³-hybridized carbons (Fsp3) is 0.467. The third kappa shape index (κ3) is 2.68. The lowest BCUT2D eigenvalue weighted by atomic mass is 9.83. The summed E-state index contributed by atoms with van der Waals surface area (Å²) in [6.45, 7) is 4.65. The first-order valence-electron chi connectivity index (χ1n) is 7.60. The molecular weight excluding hydrogens is 312 g/mol. The molecule has 0 spiro atoms. The van der Waals surface area contributed by atoms with E-state index in [1.165, 1.54) is 0 Å². The largest absolute Gasteiger partial charge is 0.380 e. The molecule has 1 fully saturated rings. The molecule has 0 aromatic carbocycles. The van der Waals surface area contributed by atoms with Crippen LogP contribution in [0.25, 0.3) is 22.0 Å². The van der Waals surface area contributed by atoms with Gasteiger partial charge in [-0.3, -0.25) is 9.36 Å². The molecule has 0 amide bonds. The monoisotopic (exact) mass is 330 g/mol. The average Bonchev–Trinajstić information content (AvgIpc) is 3.22. The normalized spacial score (nSPS) is 16.4. The number of aromatic nitrogens is 6. The molecule has 23 heavy (non-hydrogen) atoms. The van der Waals surface area contributed by atoms with E-state index in [1.807, 2.05) is 35.7 Å². The second-order valence-corrected chi connectivity index (χ2v) is 6.95. The van der Waals surface area contributed by atoms with Crippen LogP contribution in [0, 0.1) is 5.41 Å². The fourth-order valence-electron chi connectivity index (χ4n) is 2.69. The summed E-state index contributed by atoms with van der Waals surface area (Å²) in [5.74, 6) is 0. The maximum absolute atomic E-state index is 5.37. The number of rotatable bonds is 5. The molecule has 120 valence electrons. The highest BCUT2D eigenvalue weighted by atomic mass is 32.1. The number of hydrogen-bond donors (Lipinski definition) is 0. The van der Waals surface area contributed by atoms with Gasteiger partial charge >= 0.3 is 0 Å². The summed E-state index contributed by atoms with van der Waals surface area (Å²) in [5.41, 5.74) is 2.90. The van der Waals surface area contributed by atoms with Crippen molar-refractivity contribution in [1.82, 2.24) is 29.8 Å². The Morgan fingerprint density at radius 1 is 1.30 bits per heavy atom. The summed E-state index contributed by atoms with van der Waals surface area (Å²) in [6, 6.07) is 0. The smallest absolute Gasteiger partial charge is 0.132 e. The Kier molecular flexibility index (Phi) is 3.50. The molecule has 0 atom stereocenters. The van der Waals surface area contributed by atoms with E-state index in [-0.39, 0.29) is 5.41 Å². The van der Waals surface area contributed by atoms with Crippen LogP contribution >= 0.6 is 11.3 Å². The van der Waals surface area contributed by atoms with Crippen molar-refractivity contribution in [2.45, 2.75) is 19.9 Å². The quantitative estimate of drug-likeness (QED) is 0.717. The van der Waals surface area contributed by atoms with Gasteiger partial charge in [-0.25, -0.2) is 4.98 Å². The molecule has 4 heterocycles. The van der Waals surface area contributed by atoms with E-state index >= 15 is 0 Å². The van der Waals surface area contributed by atoms with Crippen molar-refractivity contribution in [1.29, 1.82) is 0 Å². The Hall–Kier alpha value is -2.06. The Balaban J connectivity index is 1.54. The first-order valence-corrected chi connectivity index (χ1v) is 8.48. The van der Waals surface area contributed by atoms with Crippen LogP contribution in [-0.2, 0) is 18.3 Å². The van der Waals surface area contributed by atoms with E-state index in [0.29, 0.717) is 0 Å². The van der Waals surface area contributed by atoms with Crippen LogP contribution in [0.4, 0.5) is 0 Å². The highest BCUT2D eigenvalue weighted by molar-refractivity contribution is 7.13. The van der Waals surface area contributed by atoms with Gasteiger partial charge in [0, 0.05) is 29.6 Å². The van der Waals surface area contributed by atoms with Gasteiger partial charge in [-0.15, -0.1) is 16.4 Å². The summed E-state index contributed by atoms with van der Waals surface area (Å²) in [7, 11) is 1.90. The third-order valence-corrected chi connectivity index (χ3v) is 5.21. The lowest BCUT2D eigenvalue weighted by Gasteiger charge is -2.40. The molecule has 1 aliphatic heterocycles. The molecular formula is C15H18N6OS. The molecule has 1 aliphatic rings. The van der Waals surface area contributed by atoms with Gasteiger partial charge in [0.05, 0.1) is 32.2 Å². The van der Waals surface area contributed by atoms with Crippen molar-refractivity contribution < 1.29 is 4.74 Å². The second-order valence-electron chi connectivity index (χ2n) is 6.09. The zero-order valence-corrected chi connectivity index (χ0v) is 14.0. The van der Waals surface area contributed by atoms with Gasteiger partial charge in [0.25, 0.3) is 0 Å². The lowest BCUT2D eigenvalue weighted by Crippen LogP contribution is -2.45. The minimum Gasteiger partial charge on any atom is -0.380 e. The van der Waals surface area contributed by atoms with E-state index in [2.05, 4.69) is 27.3 Å². The standard InChI is InChI=1S/C15H18N6OS/c1-3-15(9-22-10-15)8-21-6-12(18-19-21)13-7-23-14(17-13)11-4-16-20(2)5-11/h4-7H,3,8-10H2,1-2H3. The fourth-order valence-corrected chi connectivity index (χ4v) is 3.48. The number of hydrogen-bond acceptors (Lipinski definition) is 6. The van der Waals surface area contributed by atoms with Crippen molar-refractivity contribution in [3.05, 3.63) is 24.0 Å². The van der Waals surface area contributed by atoms with Gasteiger partial charge < -0.3 is 4.74 Å². The van der Waals surface area contributed by atoms with Crippen molar-refractivity contribution in [2.75, 3.05) is 13.2 Å². The molecule has 0 N–H and O–H groups in total. The topological polar surface area (TPSA) is 70.7 Å². The minimum absolute atomic E-state index is 0.216. The van der Waals surface area contributed by atoms with Crippen molar-refractivity contribution in [3.8, 4) is 22.0 Å². The van der Waals surface area contributed by atoms with Gasteiger partial charge in [-0.2, -0.15) is 5.10 Å². The zero-order valence-electron chi connectivity index (χ0n) is 13.1. The van der Waals surface area contributed by atoms with Gasteiger partial charge in [-0.05, 0) is 6.42 Å². The summed E-state index contributed by atoms with van der Waals surface area (Å²) in [4.78, 5) is 4.65. The van der Waals surface area contributed by atoms with Crippen LogP contribution in [0.15, 0.2) is 24.0 Å². The average molecular weight is 330 g/mol. The molecule has 8 heteroatoms. The van der Waals surface area contributed by atoms with Crippen LogP contribution in [-0.4, -0.2) is 43.0 Å². The highest BCUT2D eigenvalue weighted by Gasteiger charge is 2.37. The van der Waals surface area contributed by atoms with Gasteiger partial charge in [0.15, 0.2) is 0 Å². The summed E-state index contributed by atoms with van der Waals surface area (Å²) in [6.07, 6.45) is 6.84. The lowest BCUT2D eigenvalue weighted by molar-refractivity contribution is -0.125. The molecule has 0 saturated carbocycles. The number of aryl methyl sites for hydroxylation is 1. The first kappa shape index (κ1) is 14.5. The van der Waals surface area contributed by atoms with E-state index in [4.69, 9.17) is 4.74 Å². The summed E-state index contributed by atoms with van der Waals surface area (Å²) in [5, 5.41) is 15.7. The number of ether oxygens (including phenoxy) is 1. The maximum Gasteiger partial charge on any atom is 0.132 e. The molecule has 0 unspecified atom stereocenters. The Morgan fingerprint density at radius 3 is 2.83 bits per heavy atom. The summed E-state index contributed by atoms with van der Waals surface area (Å²) < 4.78 is 9.05. The molecule has 0 aliphatic carbocycles. The van der Waals surface area contributed by atoms with Crippen LogP contribution in [0.1, 0.15) is 13.3 Å². The molecule has 1 saturated heterocycles. The van der Waals surface area contributed by atoms with Crippen LogP contribution < -0.4 is 0 Å². The molecule has 0 radical (unpaired) electrons. The first-order chi connectivity index (χ1) is 11.2. The maximum atomic E-state index is 5.37. The highest BCUT2D eigenvalue weighted by Crippen LogP contribution is 2.33. The predicted octanol–water partition coefficient (Wildman–Crippen LogP) is 2.23. The zero-order chi connectivity index (χ0) is 15.9. The van der Waals surface area contributed by atoms with Crippen molar-refractivity contribution in [3.63, 3.8) is 0 Å². The van der Waals surface area contributed by atoms with E-state index in [1.54, 1.807) is 16.0 Å².